The van der Waals surface area contributed by atoms with Crippen LogP contribution in [-0.2, 0) is 33.8 Å². The molecule has 2 aliphatic rings. The van der Waals surface area contributed by atoms with Crippen LogP contribution >= 0.6 is 11.8 Å². The predicted octanol–water partition coefficient (Wildman–Crippen LogP) is 5.68. The molecule has 1 aromatic heterocycles. The molecule has 2 unspecified atom stereocenters. The minimum absolute atomic E-state index is 0.0107. The molecule has 7 nitrogen and oxygen atoms in total. The zero-order valence-electron chi connectivity index (χ0n) is 23.6. The number of aryl methyl sites for hydroxylation is 1. The smallest absolute Gasteiger partial charge is 0.257 e. The van der Waals surface area contributed by atoms with Gasteiger partial charge in [0.1, 0.15) is 17.1 Å². The number of nitrogens with zero attached hydrogens (tertiary/aromatic N) is 4. The Bertz CT molecular complexity index is 1690. The Morgan fingerprint density at radius 1 is 0.953 bits per heavy atom. The molecule has 1 aliphatic carbocycles. The third-order valence-electron chi connectivity index (χ3n) is 8.11. The molecule has 3 amide bonds. The molecule has 1 fully saturated rings. The number of pyridine rings is 1. The predicted molar refractivity (Wildman–Crippen MR) is 165 cm³/mol. The van der Waals surface area contributed by atoms with Gasteiger partial charge in [-0.3, -0.25) is 14.4 Å². The third-order valence-corrected chi connectivity index (χ3v) is 9.08. The van der Waals surface area contributed by atoms with Crippen LogP contribution in [0.3, 0.4) is 0 Å². The largest absolute Gasteiger partial charge is 0.325 e. The van der Waals surface area contributed by atoms with Crippen molar-refractivity contribution in [3.63, 3.8) is 0 Å². The summed E-state index contributed by atoms with van der Waals surface area (Å²) in [5, 5.41) is 10.5. The number of amides is 3. The number of anilines is 1. The van der Waals surface area contributed by atoms with Crippen LogP contribution in [0.4, 0.5) is 5.69 Å². The molecule has 0 radical (unpaired) electrons. The molecule has 214 valence electrons. The molecule has 6 rings (SSSR count). The number of hydrogen-bond acceptors (Lipinski definition) is 6. The average molecular weight is 587 g/mol. The van der Waals surface area contributed by atoms with Crippen LogP contribution in [0.5, 0.6) is 0 Å². The molecule has 0 saturated carbocycles. The van der Waals surface area contributed by atoms with Crippen molar-refractivity contribution in [3.05, 3.63) is 125 Å². The highest BCUT2D eigenvalue weighted by Gasteiger charge is 2.44. The zero-order chi connectivity index (χ0) is 29.8. The van der Waals surface area contributed by atoms with Gasteiger partial charge < -0.3 is 4.90 Å². The Hall–Kier alpha value is -4.74. The maximum absolute atomic E-state index is 13.8. The van der Waals surface area contributed by atoms with Crippen molar-refractivity contribution in [2.75, 3.05) is 10.7 Å². The molecule has 1 saturated heterocycles. The van der Waals surface area contributed by atoms with Gasteiger partial charge in [-0.25, -0.2) is 9.88 Å². The zero-order valence-corrected chi connectivity index (χ0v) is 24.4. The fourth-order valence-corrected chi connectivity index (χ4v) is 6.78. The van der Waals surface area contributed by atoms with Crippen molar-refractivity contribution in [3.8, 4) is 6.07 Å². The molecule has 0 bridgehead atoms. The van der Waals surface area contributed by atoms with Crippen molar-refractivity contribution in [1.29, 1.82) is 5.26 Å². The summed E-state index contributed by atoms with van der Waals surface area (Å²) in [6.07, 6.45) is 2.52. The molecule has 1 aliphatic heterocycles. The monoisotopic (exact) mass is 586 g/mol. The lowest BCUT2D eigenvalue weighted by atomic mass is 9.82. The lowest BCUT2D eigenvalue weighted by Crippen LogP contribution is -2.45. The molecule has 0 N–H and O–H groups in total. The van der Waals surface area contributed by atoms with Gasteiger partial charge in [-0.2, -0.15) is 5.26 Å². The first-order chi connectivity index (χ1) is 21.0. The van der Waals surface area contributed by atoms with E-state index >= 15 is 0 Å². The number of carbonyl (C=O) groups is 3. The summed E-state index contributed by atoms with van der Waals surface area (Å²) in [5.74, 6) is -0.665. The number of fused-ring (bicyclic) bond motifs is 1. The van der Waals surface area contributed by atoms with Crippen LogP contribution < -0.4 is 4.90 Å². The SMILES string of the molecule is N#Cc1cc2c(nc1SCC(=O)N(Cc1ccccc1)C1CC(=O)N(c3ccccc3)C1=O)CCC(c1ccccc1)C2. The van der Waals surface area contributed by atoms with Crippen LogP contribution in [0.25, 0.3) is 0 Å². The minimum Gasteiger partial charge on any atom is -0.325 e. The number of rotatable bonds is 8. The second-order valence-electron chi connectivity index (χ2n) is 10.8. The highest BCUT2D eigenvalue weighted by Crippen LogP contribution is 2.35. The fraction of sp³-hybridized carbons (Fsp3) is 0.229. The number of imide groups is 1. The maximum atomic E-state index is 13.8. The minimum atomic E-state index is -0.914. The van der Waals surface area contributed by atoms with Crippen LogP contribution in [0.15, 0.2) is 102 Å². The fourth-order valence-electron chi connectivity index (χ4n) is 5.92. The van der Waals surface area contributed by atoms with Crippen molar-refractivity contribution in [1.82, 2.24) is 9.88 Å². The molecular weight excluding hydrogens is 556 g/mol. The second kappa shape index (κ2) is 12.6. The topological polar surface area (TPSA) is 94.4 Å². The van der Waals surface area contributed by atoms with E-state index < -0.39 is 11.9 Å². The summed E-state index contributed by atoms with van der Waals surface area (Å²) in [6.45, 7) is 0.191. The molecule has 0 spiro atoms. The number of nitriles is 1. The number of benzene rings is 3. The van der Waals surface area contributed by atoms with Crippen LogP contribution in [0.2, 0.25) is 0 Å². The summed E-state index contributed by atoms with van der Waals surface area (Å²) >= 11 is 1.21. The summed E-state index contributed by atoms with van der Waals surface area (Å²) < 4.78 is 0. The van der Waals surface area contributed by atoms with E-state index in [1.54, 1.807) is 24.3 Å². The van der Waals surface area contributed by atoms with Gasteiger partial charge in [0.15, 0.2) is 0 Å². The van der Waals surface area contributed by atoms with Crippen LogP contribution in [0, 0.1) is 11.3 Å². The molecule has 4 aromatic rings. The lowest BCUT2D eigenvalue weighted by Gasteiger charge is -2.28. The van der Waals surface area contributed by atoms with Crippen molar-refractivity contribution >= 4 is 35.2 Å². The van der Waals surface area contributed by atoms with E-state index in [1.807, 2.05) is 48.5 Å². The first-order valence-corrected chi connectivity index (χ1v) is 15.4. The van der Waals surface area contributed by atoms with Gasteiger partial charge in [0.25, 0.3) is 5.91 Å². The highest BCUT2D eigenvalue weighted by atomic mass is 32.2. The number of para-hydroxylation sites is 1. The number of aromatic nitrogens is 1. The van der Waals surface area contributed by atoms with E-state index in [2.05, 4.69) is 30.3 Å². The summed E-state index contributed by atoms with van der Waals surface area (Å²) in [7, 11) is 0. The number of carbonyl (C=O) groups excluding carboxylic acids is 3. The normalized spacial score (nSPS) is 17.8. The molecule has 3 aromatic carbocycles. The standard InChI is InChI=1S/C35H30N4O3S/c36-21-28-19-27-18-26(25-12-6-2-7-13-25)16-17-30(27)37-34(28)43-23-33(41)38(22-24-10-4-1-5-11-24)31-20-32(40)39(35(31)42)29-14-8-3-9-15-29/h1-15,19,26,31H,16-18,20,22-23H2. The lowest BCUT2D eigenvalue weighted by molar-refractivity contribution is -0.136. The van der Waals surface area contributed by atoms with Gasteiger partial charge >= 0.3 is 0 Å². The second-order valence-corrected chi connectivity index (χ2v) is 11.8. The Balaban J connectivity index is 1.21. The Morgan fingerprint density at radius 3 is 2.33 bits per heavy atom. The molecule has 2 atom stereocenters. The van der Waals surface area contributed by atoms with Crippen LogP contribution in [-0.4, -0.2) is 39.4 Å². The quantitative estimate of drug-likeness (QED) is 0.195. The van der Waals surface area contributed by atoms with Crippen molar-refractivity contribution in [2.45, 2.75) is 49.2 Å². The van der Waals surface area contributed by atoms with Crippen LogP contribution in [0.1, 0.15) is 46.7 Å². The molecule has 43 heavy (non-hydrogen) atoms. The van der Waals surface area contributed by atoms with Gasteiger partial charge in [0.2, 0.25) is 11.8 Å². The van der Waals surface area contributed by atoms with E-state index in [-0.39, 0.29) is 30.5 Å². The molecular formula is C35H30N4O3S. The average Bonchev–Trinajstić information content (AvgIpc) is 3.35. The van der Waals surface area contributed by atoms with E-state index in [1.165, 1.54) is 27.1 Å². The Kier molecular flexibility index (Phi) is 8.34. The first-order valence-electron chi connectivity index (χ1n) is 14.4. The van der Waals surface area contributed by atoms with Gasteiger partial charge in [-0.05, 0) is 60.1 Å². The van der Waals surface area contributed by atoms with Gasteiger partial charge in [-0.15, -0.1) is 0 Å². The first kappa shape index (κ1) is 28.4. The third kappa shape index (κ3) is 6.08. The summed E-state index contributed by atoms with van der Waals surface area (Å²) in [5.41, 5.74) is 5.14. The summed E-state index contributed by atoms with van der Waals surface area (Å²) in [6, 6.07) is 31.9. The van der Waals surface area contributed by atoms with E-state index in [9.17, 15) is 19.6 Å². The van der Waals surface area contributed by atoms with E-state index in [4.69, 9.17) is 4.98 Å². The maximum Gasteiger partial charge on any atom is 0.257 e. The summed E-state index contributed by atoms with van der Waals surface area (Å²) in [4.78, 5) is 47.9. The van der Waals surface area contributed by atoms with Gasteiger partial charge in [-0.1, -0.05) is 90.6 Å². The highest BCUT2D eigenvalue weighted by molar-refractivity contribution is 8.00. The number of hydrogen-bond donors (Lipinski definition) is 0. The van der Waals surface area contributed by atoms with E-state index in [0.29, 0.717) is 22.2 Å². The van der Waals surface area contributed by atoms with Gasteiger partial charge in [0, 0.05) is 12.2 Å². The van der Waals surface area contributed by atoms with Crippen molar-refractivity contribution < 1.29 is 14.4 Å². The Morgan fingerprint density at radius 2 is 1.63 bits per heavy atom. The Labute approximate surface area is 255 Å². The number of thioether (sulfide) groups is 1. The molecule has 8 heteroatoms. The molecule has 2 heterocycles. The van der Waals surface area contributed by atoms with Crippen molar-refractivity contribution in [2.24, 2.45) is 0 Å². The van der Waals surface area contributed by atoms with Gasteiger partial charge in [0.05, 0.1) is 23.4 Å². The van der Waals surface area contributed by atoms with E-state index in [0.717, 1.165) is 36.1 Å².